The Morgan fingerprint density at radius 3 is 2.42 bits per heavy atom. The highest BCUT2D eigenvalue weighted by molar-refractivity contribution is 6.02. The molecule has 9 nitrogen and oxygen atoms in total. The zero-order valence-electron chi connectivity index (χ0n) is 26.8. The number of carbonyl (C=O) groups is 2. The molecular weight excluding hydrogens is 589 g/mol. The Labute approximate surface area is 264 Å². The molecule has 12 heteroatoms. The van der Waals surface area contributed by atoms with Crippen molar-refractivity contribution in [3.8, 4) is 5.75 Å². The normalized spacial score (nSPS) is 21.0. The number of halogens is 3. The third-order valence-corrected chi connectivity index (χ3v) is 7.88. The van der Waals surface area contributed by atoms with Gasteiger partial charge in [0, 0.05) is 37.0 Å². The smallest absolute Gasteiger partial charge is 0.416 e. The minimum absolute atomic E-state index is 0.0516. The van der Waals surface area contributed by atoms with Crippen molar-refractivity contribution < 1.29 is 37.3 Å². The molecule has 3 amide bonds. The second kappa shape index (κ2) is 16.8. The predicted molar refractivity (Wildman–Crippen MR) is 169 cm³/mol. The van der Waals surface area contributed by atoms with Crippen LogP contribution in [-0.4, -0.2) is 85.0 Å². The summed E-state index contributed by atoms with van der Waals surface area (Å²) in [6, 6.07) is 7.64. The van der Waals surface area contributed by atoms with Crippen LogP contribution >= 0.6 is 0 Å². The maximum absolute atomic E-state index is 14.2. The number of carbonyl (C=O) groups excluding carboxylic acids is 2. The largest absolute Gasteiger partial charge is 0.490 e. The quantitative estimate of drug-likeness (QED) is 0.306. The van der Waals surface area contributed by atoms with Gasteiger partial charge in [0.2, 0.25) is 0 Å². The molecule has 45 heavy (non-hydrogen) atoms. The van der Waals surface area contributed by atoms with Crippen LogP contribution in [0.15, 0.2) is 42.5 Å². The Kier molecular flexibility index (Phi) is 13.5. The number of amides is 3. The number of ether oxygens (including phenoxy) is 2. The molecule has 250 valence electrons. The molecule has 0 saturated carbocycles. The van der Waals surface area contributed by atoms with Gasteiger partial charge >= 0.3 is 12.2 Å². The highest BCUT2D eigenvalue weighted by atomic mass is 19.4. The number of fused-ring (bicyclic) bond motifs is 1. The van der Waals surface area contributed by atoms with E-state index < -0.39 is 23.8 Å². The van der Waals surface area contributed by atoms with E-state index in [1.54, 1.807) is 24.0 Å². The molecule has 1 aliphatic heterocycles. The molecule has 3 N–H and O–H groups in total. The lowest BCUT2D eigenvalue weighted by atomic mass is 10.0. The van der Waals surface area contributed by atoms with E-state index in [1.165, 1.54) is 6.07 Å². The summed E-state index contributed by atoms with van der Waals surface area (Å²) in [6.45, 7) is 10.2. The van der Waals surface area contributed by atoms with Crippen LogP contribution in [0.3, 0.4) is 0 Å². The first-order valence-electron chi connectivity index (χ1n) is 15.6. The van der Waals surface area contributed by atoms with Gasteiger partial charge in [0.1, 0.15) is 5.75 Å². The van der Waals surface area contributed by atoms with Crippen molar-refractivity contribution in [2.45, 2.75) is 77.8 Å². The number of aliphatic hydroxyl groups excluding tert-OH is 1. The summed E-state index contributed by atoms with van der Waals surface area (Å²) in [5, 5.41) is 15.3. The summed E-state index contributed by atoms with van der Waals surface area (Å²) in [7, 11) is 2.06. The van der Waals surface area contributed by atoms with E-state index in [9.17, 15) is 27.9 Å². The van der Waals surface area contributed by atoms with Gasteiger partial charge in [-0.05, 0) is 95.6 Å². The molecule has 2 aromatic carbocycles. The Morgan fingerprint density at radius 1 is 1.11 bits per heavy atom. The molecule has 0 aliphatic carbocycles. The molecule has 0 bridgehead atoms. The molecule has 0 aromatic heterocycles. The number of nitrogens with zero attached hydrogens (tertiary/aromatic N) is 2. The summed E-state index contributed by atoms with van der Waals surface area (Å²) in [5.74, 6) is -0.0593. The van der Waals surface area contributed by atoms with Crippen LogP contribution in [-0.2, 0) is 10.9 Å². The van der Waals surface area contributed by atoms with Crippen LogP contribution in [0, 0.1) is 5.92 Å². The highest BCUT2D eigenvalue weighted by Gasteiger charge is 2.31. The van der Waals surface area contributed by atoms with Gasteiger partial charge in [0.15, 0.2) is 0 Å². The van der Waals surface area contributed by atoms with Gasteiger partial charge in [-0.1, -0.05) is 13.8 Å². The molecule has 1 heterocycles. The van der Waals surface area contributed by atoms with Gasteiger partial charge in [-0.25, -0.2) is 4.79 Å². The number of aliphatic hydroxyl groups is 1. The van der Waals surface area contributed by atoms with E-state index >= 15 is 0 Å². The fraction of sp³-hybridized carbons (Fsp3) is 0.576. The molecule has 3 rings (SSSR count). The van der Waals surface area contributed by atoms with Crippen LogP contribution < -0.4 is 15.4 Å². The van der Waals surface area contributed by atoms with Crippen LogP contribution in [0.1, 0.15) is 69.3 Å². The highest BCUT2D eigenvalue weighted by Crippen LogP contribution is 2.31. The topological polar surface area (TPSA) is 103 Å². The Bertz CT molecular complexity index is 1240. The number of hydrogen-bond donors (Lipinski definition) is 3. The summed E-state index contributed by atoms with van der Waals surface area (Å²) >= 11 is 0. The first kappa shape index (κ1) is 36.1. The van der Waals surface area contributed by atoms with Crippen molar-refractivity contribution in [2.75, 3.05) is 50.5 Å². The van der Waals surface area contributed by atoms with Gasteiger partial charge in [0.05, 0.1) is 36.0 Å². The first-order valence-corrected chi connectivity index (χ1v) is 15.6. The molecule has 0 radical (unpaired) electrons. The standard InChI is InChI=1S/C33H47F3N4O5/c1-6-16-39(5)20-30-22(2)19-40(23(3)21-41)31(42)28-18-27(14-15-29(28)45-24(4)9-7-8-17-44-30)38-32(43)37-26-12-10-25(11-13-26)33(34,35)36/h10-15,18,22-24,30,41H,6-9,16-17,19-21H2,1-5H3,(H2,37,38,43)/t22-,23+,24-,30-/m0/s1. The van der Waals surface area contributed by atoms with Gasteiger partial charge in [-0.15, -0.1) is 0 Å². The SMILES string of the molecule is CCCN(C)C[C@@H]1OCCCC[C@H](C)Oc2ccc(NC(=O)Nc3ccc(C(F)(F)F)cc3)cc2C(=O)N([C@H](C)CO)C[C@@H]1C. The first-order chi connectivity index (χ1) is 21.3. The number of benzene rings is 2. The molecule has 4 atom stereocenters. The number of hydrogen-bond acceptors (Lipinski definition) is 6. The fourth-order valence-electron chi connectivity index (χ4n) is 5.28. The van der Waals surface area contributed by atoms with E-state index in [0.29, 0.717) is 25.4 Å². The van der Waals surface area contributed by atoms with Crippen molar-refractivity contribution in [3.05, 3.63) is 53.6 Å². The Balaban J connectivity index is 1.89. The Hall–Kier alpha value is -3.35. The van der Waals surface area contributed by atoms with Gasteiger partial charge < -0.3 is 35.0 Å². The number of rotatable bonds is 8. The number of anilines is 2. The fourth-order valence-corrected chi connectivity index (χ4v) is 5.28. The van der Waals surface area contributed by atoms with E-state index in [-0.39, 0.29) is 47.6 Å². The lowest BCUT2D eigenvalue weighted by Gasteiger charge is -2.35. The van der Waals surface area contributed by atoms with Crippen LogP contribution in [0.25, 0.3) is 0 Å². The molecule has 1 aliphatic rings. The van der Waals surface area contributed by atoms with E-state index in [2.05, 4.69) is 29.5 Å². The van der Waals surface area contributed by atoms with Crippen molar-refractivity contribution in [2.24, 2.45) is 5.92 Å². The predicted octanol–water partition coefficient (Wildman–Crippen LogP) is 6.49. The third-order valence-electron chi connectivity index (χ3n) is 7.88. The van der Waals surface area contributed by atoms with Crippen LogP contribution in [0.2, 0.25) is 0 Å². The molecule has 0 unspecified atom stereocenters. The van der Waals surface area contributed by atoms with Gasteiger partial charge in [0.25, 0.3) is 5.91 Å². The molecule has 2 aromatic rings. The van der Waals surface area contributed by atoms with Crippen molar-refractivity contribution in [1.29, 1.82) is 0 Å². The number of urea groups is 1. The van der Waals surface area contributed by atoms with E-state index in [0.717, 1.165) is 56.5 Å². The lowest BCUT2D eigenvalue weighted by molar-refractivity contribution is -0.137. The van der Waals surface area contributed by atoms with Crippen molar-refractivity contribution in [3.63, 3.8) is 0 Å². The molecule has 0 fully saturated rings. The van der Waals surface area contributed by atoms with Crippen LogP contribution in [0.5, 0.6) is 5.75 Å². The molecular formula is C33H47F3N4O5. The van der Waals surface area contributed by atoms with Crippen molar-refractivity contribution >= 4 is 23.3 Å². The zero-order valence-corrected chi connectivity index (χ0v) is 26.8. The summed E-state index contributed by atoms with van der Waals surface area (Å²) < 4.78 is 51.3. The van der Waals surface area contributed by atoms with E-state index in [1.807, 2.05) is 13.8 Å². The van der Waals surface area contributed by atoms with Gasteiger partial charge in [-0.2, -0.15) is 13.2 Å². The van der Waals surface area contributed by atoms with E-state index in [4.69, 9.17) is 9.47 Å². The Morgan fingerprint density at radius 2 is 1.78 bits per heavy atom. The average Bonchev–Trinajstić information content (AvgIpc) is 2.98. The second-order valence-electron chi connectivity index (χ2n) is 11.9. The zero-order chi connectivity index (χ0) is 33.1. The van der Waals surface area contributed by atoms with Gasteiger partial charge in [-0.3, -0.25) is 4.79 Å². The molecule has 0 spiro atoms. The second-order valence-corrected chi connectivity index (χ2v) is 11.9. The number of alkyl halides is 3. The lowest BCUT2D eigenvalue weighted by Crippen LogP contribution is -2.47. The summed E-state index contributed by atoms with van der Waals surface area (Å²) in [4.78, 5) is 30.8. The maximum Gasteiger partial charge on any atom is 0.416 e. The maximum atomic E-state index is 14.2. The summed E-state index contributed by atoms with van der Waals surface area (Å²) in [6.07, 6.45) is -1.30. The third kappa shape index (κ3) is 10.9. The minimum atomic E-state index is -4.49. The number of likely N-dealkylation sites (N-methyl/N-ethyl adjacent to an activating group) is 1. The van der Waals surface area contributed by atoms with Crippen molar-refractivity contribution in [1.82, 2.24) is 9.80 Å². The monoisotopic (exact) mass is 636 g/mol. The minimum Gasteiger partial charge on any atom is -0.490 e. The average molecular weight is 637 g/mol. The summed E-state index contributed by atoms with van der Waals surface area (Å²) in [5.41, 5.74) is -0.144. The number of nitrogens with one attached hydrogen (secondary N) is 2. The van der Waals surface area contributed by atoms with Crippen LogP contribution in [0.4, 0.5) is 29.3 Å². The molecule has 0 saturated heterocycles.